The number of pyridine rings is 1. The van der Waals surface area contributed by atoms with Crippen molar-refractivity contribution >= 4 is 5.69 Å². The van der Waals surface area contributed by atoms with E-state index < -0.39 is 0 Å². The molecule has 0 radical (unpaired) electrons. The zero-order valence-electron chi connectivity index (χ0n) is 10.1. The highest BCUT2D eigenvalue weighted by molar-refractivity contribution is 5.42. The minimum absolute atomic E-state index is 0.0133. The maximum Gasteiger partial charge on any atom is 0.250 e. The van der Waals surface area contributed by atoms with Crippen molar-refractivity contribution in [1.82, 2.24) is 14.3 Å². The Morgan fingerprint density at radius 2 is 2.18 bits per heavy atom. The summed E-state index contributed by atoms with van der Waals surface area (Å²) in [6.07, 6.45) is 6.23. The standard InChI is InChI=1S/C12H16N4O/c1-9-5-12(17)16(8-11(9)13)4-3-10-6-14-15(2)7-10/h5-8H,3-4,13H2,1-2H3. The molecular formula is C12H16N4O. The van der Waals surface area contributed by atoms with E-state index in [1.54, 1.807) is 21.5 Å². The second-order valence-corrected chi connectivity index (χ2v) is 4.22. The van der Waals surface area contributed by atoms with E-state index in [-0.39, 0.29) is 5.56 Å². The molecule has 0 bridgehead atoms. The molecule has 0 aliphatic heterocycles. The number of hydrogen-bond donors (Lipinski definition) is 1. The van der Waals surface area contributed by atoms with Gasteiger partial charge in [-0.2, -0.15) is 5.10 Å². The van der Waals surface area contributed by atoms with Gasteiger partial charge in [-0.15, -0.1) is 0 Å². The monoisotopic (exact) mass is 232 g/mol. The summed E-state index contributed by atoms with van der Waals surface area (Å²) >= 11 is 0. The molecule has 0 amide bonds. The van der Waals surface area contributed by atoms with Gasteiger partial charge in [0.05, 0.1) is 11.9 Å². The maximum absolute atomic E-state index is 11.7. The molecule has 0 aromatic carbocycles. The van der Waals surface area contributed by atoms with E-state index in [0.717, 1.165) is 17.5 Å². The Kier molecular flexibility index (Phi) is 2.99. The van der Waals surface area contributed by atoms with Crippen LogP contribution < -0.4 is 11.3 Å². The summed E-state index contributed by atoms with van der Waals surface area (Å²) < 4.78 is 3.39. The van der Waals surface area contributed by atoms with Crippen LogP contribution in [0.2, 0.25) is 0 Å². The molecule has 90 valence electrons. The predicted octanol–water partition coefficient (Wildman–Crippen LogP) is 0.715. The fourth-order valence-corrected chi connectivity index (χ4v) is 1.71. The molecule has 2 aromatic heterocycles. The molecule has 0 aliphatic rings. The molecule has 2 aromatic rings. The highest BCUT2D eigenvalue weighted by Gasteiger charge is 2.02. The van der Waals surface area contributed by atoms with Crippen LogP contribution in [0.4, 0.5) is 5.69 Å². The van der Waals surface area contributed by atoms with Crippen LogP contribution in [0.25, 0.3) is 0 Å². The molecule has 5 heteroatoms. The topological polar surface area (TPSA) is 65.8 Å². The van der Waals surface area contributed by atoms with Gasteiger partial charge in [0.25, 0.3) is 5.56 Å². The number of nitrogens with two attached hydrogens (primary N) is 1. The second kappa shape index (κ2) is 4.45. The molecule has 5 nitrogen and oxygen atoms in total. The van der Waals surface area contributed by atoms with Gasteiger partial charge in [0.2, 0.25) is 0 Å². The van der Waals surface area contributed by atoms with E-state index in [9.17, 15) is 4.79 Å². The Balaban J connectivity index is 2.14. The first-order valence-electron chi connectivity index (χ1n) is 5.50. The molecule has 0 unspecified atom stereocenters. The largest absolute Gasteiger partial charge is 0.397 e. The second-order valence-electron chi connectivity index (χ2n) is 4.22. The SMILES string of the molecule is Cc1cc(=O)n(CCc2cnn(C)c2)cc1N. The molecule has 2 heterocycles. The number of aromatic nitrogens is 3. The van der Waals surface area contributed by atoms with Crippen molar-refractivity contribution in [2.45, 2.75) is 19.9 Å². The summed E-state index contributed by atoms with van der Waals surface area (Å²) in [5, 5.41) is 4.09. The summed E-state index contributed by atoms with van der Waals surface area (Å²) in [6.45, 7) is 2.46. The molecule has 2 N–H and O–H groups in total. The van der Waals surface area contributed by atoms with E-state index in [1.165, 1.54) is 0 Å². The Bertz CT molecular complexity index is 582. The third kappa shape index (κ3) is 2.55. The first kappa shape index (κ1) is 11.4. The summed E-state index contributed by atoms with van der Waals surface area (Å²) in [6, 6.07) is 1.57. The molecule has 0 saturated carbocycles. The summed E-state index contributed by atoms with van der Waals surface area (Å²) in [4.78, 5) is 11.7. The lowest BCUT2D eigenvalue weighted by molar-refractivity contribution is 0.669. The van der Waals surface area contributed by atoms with Crippen LogP contribution in [0.15, 0.2) is 29.5 Å². The van der Waals surface area contributed by atoms with Gasteiger partial charge in [0.1, 0.15) is 0 Å². The smallest absolute Gasteiger partial charge is 0.250 e. The molecule has 0 fully saturated rings. The van der Waals surface area contributed by atoms with Crippen LogP contribution in [-0.4, -0.2) is 14.3 Å². The lowest BCUT2D eigenvalue weighted by Gasteiger charge is -2.07. The molecular weight excluding hydrogens is 216 g/mol. The van der Waals surface area contributed by atoms with Gasteiger partial charge >= 0.3 is 0 Å². The Hall–Kier alpha value is -2.04. The fourth-order valence-electron chi connectivity index (χ4n) is 1.71. The van der Waals surface area contributed by atoms with E-state index in [0.29, 0.717) is 12.2 Å². The molecule has 0 spiro atoms. The van der Waals surface area contributed by atoms with Gasteiger partial charge in [-0.25, -0.2) is 0 Å². The zero-order chi connectivity index (χ0) is 12.4. The van der Waals surface area contributed by atoms with E-state index in [4.69, 9.17) is 5.73 Å². The molecule has 17 heavy (non-hydrogen) atoms. The molecule has 2 rings (SSSR count). The number of aryl methyl sites for hydroxylation is 4. The van der Waals surface area contributed by atoms with E-state index in [2.05, 4.69) is 5.10 Å². The molecule has 0 aliphatic carbocycles. The number of nitrogen functional groups attached to an aromatic ring is 1. The minimum Gasteiger partial charge on any atom is -0.397 e. The van der Waals surface area contributed by atoms with Gasteiger partial charge in [-0.1, -0.05) is 0 Å². The van der Waals surface area contributed by atoms with Crippen molar-refractivity contribution in [3.8, 4) is 0 Å². The van der Waals surface area contributed by atoms with Crippen molar-refractivity contribution in [3.05, 3.63) is 46.1 Å². The average molecular weight is 232 g/mol. The predicted molar refractivity (Wildman–Crippen MR) is 66.8 cm³/mol. The van der Waals surface area contributed by atoms with E-state index in [1.807, 2.05) is 26.4 Å². The normalized spacial score (nSPS) is 10.7. The van der Waals surface area contributed by atoms with Gasteiger partial charge in [0, 0.05) is 32.1 Å². The minimum atomic E-state index is -0.0133. The van der Waals surface area contributed by atoms with Gasteiger partial charge < -0.3 is 10.3 Å². The van der Waals surface area contributed by atoms with Crippen molar-refractivity contribution in [1.29, 1.82) is 0 Å². The first-order valence-corrected chi connectivity index (χ1v) is 5.50. The van der Waals surface area contributed by atoms with Gasteiger partial charge in [-0.05, 0) is 24.5 Å². The van der Waals surface area contributed by atoms with Crippen LogP contribution in [0.3, 0.4) is 0 Å². The number of hydrogen-bond acceptors (Lipinski definition) is 3. The Morgan fingerprint density at radius 3 is 2.82 bits per heavy atom. The van der Waals surface area contributed by atoms with Crippen LogP contribution in [0, 0.1) is 6.92 Å². The number of nitrogens with zero attached hydrogens (tertiary/aromatic N) is 3. The molecule has 0 atom stereocenters. The Labute approximate surface area is 99.5 Å². The summed E-state index contributed by atoms with van der Waals surface area (Å²) in [7, 11) is 1.87. The van der Waals surface area contributed by atoms with Gasteiger partial charge in [0.15, 0.2) is 0 Å². The average Bonchev–Trinajstić information content (AvgIpc) is 2.68. The van der Waals surface area contributed by atoms with Crippen LogP contribution in [0.5, 0.6) is 0 Å². The zero-order valence-corrected chi connectivity index (χ0v) is 10.1. The van der Waals surface area contributed by atoms with Crippen molar-refractivity contribution in [2.24, 2.45) is 7.05 Å². The van der Waals surface area contributed by atoms with Crippen LogP contribution >= 0.6 is 0 Å². The van der Waals surface area contributed by atoms with Gasteiger partial charge in [-0.3, -0.25) is 9.48 Å². The fraction of sp³-hybridized carbons (Fsp3) is 0.333. The quantitative estimate of drug-likeness (QED) is 0.847. The van der Waals surface area contributed by atoms with Crippen LogP contribution in [-0.2, 0) is 20.0 Å². The lowest BCUT2D eigenvalue weighted by atomic mass is 10.2. The van der Waals surface area contributed by atoms with E-state index >= 15 is 0 Å². The maximum atomic E-state index is 11.7. The van der Waals surface area contributed by atoms with Crippen molar-refractivity contribution < 1.29 is 0 Å². The highest BCUT2D eigenvalue weighted by atomic mass is 16.1. The third-order valence-corrected chi connectivity index (χ3v) is 2.77. The Morgan fingerprint density at radius 1 is 1.41 bits per heavy atom. The first-order chi connectivity index (χ1) is 8.06. The van der Waals surface area contributed by atoms with Crippen LogP contribution in [0.1, 0.15) is 11.1 Å². The highest BCUT2D eigenvalue weighted by Crippen LogP contribution is 2.06. The number of rotatable bonds is 3. The summed E-state index contributed by atoms with van der Waals surface area (Å²) in [5.41, 5.74) is 8.36. The lowest BCUT2D eigenvalue weighted by Crippen LogP contribution is -2.21. The molecule has 0 saturated heterocycles. The number of anilines is 1. The third-order valence-electron chi connectivity index (χ3n) is 2.77. The van der Waals surface area contributed by atoms with Crippen molar-refractivity contribution in [3.63, 3.8) is 0 Å². The summed E-state index contributed by atoms with van der Waals surface area (Å²) in [5.74, 6) is 0. The van der Waals surface area contributed by atoms with Crippen molar-refractivity contribution in [2.75, 3.05) is 5.73 Å².